The van der Waals surface area contributed by atoms with Crippen LogP contribution in [0, 0.1) is 12.7 Å². The number of halogens is 1. The Hall–Kier alpha value is -2.47. The maximum Gasteiger partial charge on any atom is 0.228 e. The first-order chi connectivity index (χ1) is 12.4. The van der Waals surface area contributed by atoms with E-state index in [2.05, 4.69) is 4.98 Å². The van der Waals surface area contributed by atoms with Crippen molar-refractivity contribution >= 4 is 5.91 Å². The number of rotatable bonds is 5. The molecule has 2 aromatic rings. The average Bonchev–Trinajstić information content (AvgIpc) is 2.63. The van der Waals surface area contributed by atoms with Gasteiger partial charge in [0.05, 0.1) is 13.0 Å². The number of aryl methyl sites for hydroxylation is 1. The number of hydrogen-bond donors (Lipinski definition) is 1. The maximum atomic E-state index is 12.9. The molecule has 1 saturated heterocycles. The molecule has 0 unspecified atom stereocenters. The summed E-state index contributed by atoms with van der Waals surface area (Å²) < 4.78 is 18.5. The second-order valence-corrected chi connectivity index (χ2v) is 6.89. The summed E-state index contributed by atoms with van der Waals surface area (Å²) in [5.74, 6) is 0.101. The van der Waals surface area contributed by atoms with Gasteiger partial charge in [-0.15, -0.1) is 0 Å². The zero-order valence-electron chi connectivity index (χ0n) is 14.8. The number of benzene rings is 1. The topological polar surface area (TPSA) is 62.7 Å². The first kappa shape index (κ1) is 18.3. The number of piperidine rings is 1. The molecular formula is C20H23FN2O3. The lowest BCUT2D eigenvalue weighted by Gasteiger charge is -2.39. The van der Waals surface area contributed by atoms with Gasteiger partial charge in [0.1, 0.15) is 23.8 Å². The first-order valence-electron chi connectivity index (χ1n) is 8.74. The lowest BCUT2D eigenvalue weighted by atomic mass is 9.93. The molecule has 1 aromatic heterocycles. The lowest BCUT2D eigenvalue weighted by Crippen LogP contribution is -2.53. The molecule has 0 spiro atoms. The van der Waals surface area contributed by atoms with Gasteiger partial charge >= 0.3 is 0 Å². The number of β-amino-alcohol motifs (C(OH)–C–C–N with tert-alkyl or cyclic N) is 1. The van der Waals surface area contributed by atoms with Gasteiger partial charge in [0.25, 0.3) is 0 Å². The van der Waals surface area contributed by atoms with E-state index >= 15 is 0 Å². The summed E-state index contributed by atoms with van der Waals surface area (Å²) in [5.41, 5.74) is 0.659. The number of amides is 1. The number of carbonyl (C=O) groups is 1. The lowest BCUT2D eigenvalue weighted by molar-refractivity contribution is -0.139. The molecule has 0 aliphatic carbocycles. The van der Waals surface area contributed by atoms with Crippen LogP contribution < -0.4 is 4.74 Å². The Morgan fingerprint density at radius 1 is 1.31 bits per heavy atom. The molecule has 0 saturated carbocycles. The van der Waals surface area contributed by atoms with Gasteiger partial charge in [-0.25, -0.2) is 4.39 Å². The minimum absolute atomic E-state index is 0.0544. The van der Waals surface area contributed by atoms with Gasteiger partial charge in [0.15, 0.2) is 0 Å². The van der Waals surface area contributed by atoms with Crippen molar-refractivity contribution in [2.24, 2.45) is 0 Å². The fourth-order valence-electron chi connectivity index (χ4n) is 3.06. The van der Waals surface area contributed by atoms with E-state index in [4.69, 9.17) is 4.74 Å². The van der Waals surface area contributed by atoms with Crippen LogP contribution in [0.3, 0.4) is 0 Å². The van der Waals surface area contributed by atoms with Gasteiger partial charge < -0.3 is 14.7 Å². The van der Waals surface area contributed by atoms with E-state index in [0.29, 0.717) is 25.1 Å². The minimum Gasteiger partial charge on any atom is -0.491 e. The third-order valence-electron chi connectivity index (χ3n) is 4.53. The van der Waals surface area contributed by atoms with E-state index in [1.165, 1.54) is 24.3 Å². The largest absolute Gasteiger partial charge is 0.491 e. The van der Waals surface area contributed by atoms with Crippen molar-refractivity contribution in [3.8, 4) is 5.75 Å². The van der Waals surface area contributed by atoms with Gasteiger partial charge in [-0.3, -0.25) is 9.78 Å². The number of hydrogen-bond acceptors (Lipinski definition) is 4. The highest BCUT2D eigenvalue weighted by Crippen LogP contribution is 2.23. The molecule has 1 fully saturated rings. The molecular weight excluding hydrogens is 335 g/mol. The summed E-state index contributed by atoms with van der Waals surface area (Å²) >= 11 is 0. The Morgan fingerprint density at radius 2 is 2.08 bits per heavy atom. The SMILES string of the molecule is Cc1ccc(CC(=O)N2CCC[C@@](O)(COc3ccc(F)cc3)C2)nc1. The zero-order valence-corrected chi connectivity index (χ0v) is 14.8. The molecule has 1 aliphatic rings. The molecule has 138 valence electrons. The van der Waals surface area contributed by atoms with E-state index < -0.39 is 5.60 Å². The Balaban J connectivity index is 1.57. The third kappa shape index (κ3) is 4.79. The molecule has 0 radical (unpaired) electrons. The molecule has 1 N–H and O–H groups in total. The standard InChI is InChI=1S/C20H23FN2O3/c1-15-3-6-17(22-12-15)11-19(24)23-10-2-9-20(25,13-23)14-26-18-7-4-16(21)5-8-18/h3-8,12,25H,2,9-11,13-14H2,1H3/t20-/m0/s1. The van der Waals surface area contributed by atoms with Gasteiger partial charge in [0, 0.05) is 18.4 Å². The van der Waals surface area contributed by atoms with Crippen molar-refractivity contribution in [1.29, 1.82) is 0 Å². The van der Waals surface area contributed by atoms with Gasteiger partial charge in [0.2, 0.25) is 5.91 Å². The van der Waals surface area contributed by atoms with Crippen LogP contribution in [0.1, 0.15) is 24.1 Å². The molecule has 26 heavy (non-hydrogen) atoms. The van der Waals surface area contributed by atoms with Crippen molar-refractivity contribution in [3.63, 3.8) is 0 Å². The van der Waals surface area contributed by atoms with Crippen LogP contribution in [0.2, 0.25) is 0 Å². The van der Waals surface area contributed by atoms with Crippen molar-refractivity contribution in [2.45, 2.75) is 31.8 Å². The number of carbonyl (C=O) groups excluding carboxylic acids is 1. The molecule has 2 heterocycles. The Bertz CT molecular complexity index is 749. The second kappa shape index (κ2) is 7.83. The number of aliphatic hydroxyl groups is 1. The van der Waals surface area contributed by atoms with E-state index in [0.717, 1.165) is 11.3 Å². The molecule has 1 atom stereocenters. The Labute approximate surface area is 152 Å². The van der Waals surface area contributed by atoms with Crippen LogP contribution in [-0.4, -0.2) is 46.2 Å². The highest BCUT2D eigenvalue weighted by molar-refractivity contribution is 5.78. The zero-order chi connectivity index (χ0) is 18.6. The van der Waals surface area contributed by atoms with Gasteiger partial charge in [-0.1, -0.05) is 6.07 Å². The van der Waals surface area contributed by atoms with Gasteiger partial charge in [-0.05, 0) is 55.7 Å². The summed E-state index contributed by atoms with van der Waals surface area (Å²) in [6.07, 6.45) is 3.22. The summed E-state index contributed by atoms with van der Waals surface area (Å²) in [6, 6.07) is 9.44. The van der Waals surface area contributed by atoms with Crippen molar-refractivity contribution in [2.75, 3.05) is 19.7 Å². The maximum absolute atomic E-state index is 12.9. The van der Waals surface area contributed by atoms with E-state index in [9.17, 15) is 14.3 Å². The fraction of sp³-hybridized carbons (Fsp3) is 0.400. The fourth-order valence-corrected chi connectivity index (χ4v) is 3.06. The highest BCUT2D eigenvalue weighted by Gasteiger charge is 2.36. The second-order valence-electron chi connectivity index (χ2n) is 6.89. The van der Waals surface area contributed by atoms with Crippen LogP contribution in [0.15, 0.2) is 42.6 Å². The predicted octanol–water partition coefficient (Wildman–Crippen LogP) is 2.50. The number of aromatic nitrogens is 1. The van der Waals surface area contributed by atoms with Crippen molar-refractivity contribution in [3.05, 3.63) is 59.7 Å². The van der Waals surface area contributed by atoms with Crippen LogP contribution in [0.4, 0.5) is 4.39 Å². The van der Waals surface area contributed by atoms with Gasteiger partial charge in [-0.2, -0.15) is 0 Å². The Kier molecular flexibility index (Phi) is 5.52. The number of pyridine rings is 1. The predicted molar refractivity (Wildman–Crippen MR) is 95.3 cm³/mol. The quantitative estimate of drug-likeness (QED) is 0.892. The van der Waals surface area contributed by atoms with Crippen molar-refractivity contribution < 1.29 is 19.0 Å². The molecule has 1 aliphatic heterocycles. The van der Waals surface area contributed by atoms with Crippen molar-refractivity contribution in [1.82, 2.24) is 9.88 Å². The number of ether oxygens (including phenoxy) is 1. The van der Waals surface area contributed by atoms with E-state index in [1.807, 2.05) is 19.1 Å². The number of likely N-dealkylation sites (tertiary alicyclic amines) is 1. The molecule has 5 nitrogen and oxygen atoms in total. The van der Waals surface area contributed by atoms with Crippen LogP contribution >= 0.6 is 0 Å². The Morgan fingerprint density at radius 3 is 2.77 bits per heavy atom. The van der Waals surface area contributed by atoms with E-state index in [1.54, 1.807) is 11.1 Å². The summed E-state index contributed by atoms with van der Waals surface area (Å²) in [5, 5.41) is 10.8. The summed E-state index contributed by atoms with van der Waals surface area (Å²) in [7, 11) is 0. The number of nitrogens with zero attached hydrogens (tertiary/aromatic N) is 2. The molecule has 0 bridgehead atoms. The summed E-state index contributed by atoms with van der Waals surface area (Å²) in [4.78, 5) is 18.5. The smallest absolute Gasteiger partial charge is 0.228 e. The highest BCUT2D eigenvalue weighted by atomic mass is 19.1. The van der Waals surface area contributed by atoms with Crippen LogP contribution in [0.5, 0.6) is 5.75 Å². The summed E-state index contributed by atoms with van der Waals surface area (Å²) in [6.45, 7) is 2.85. The normalized spacial score (nSPS) is 20.0. The monoisotopic (exact) mass is 358 g/mol. The van der Waals surface area contributed by atoms with E-state index in [-0.39, 0.29) is 31.3 Å². The molecule has 6 heteroatoms. The molecule has 1 amide bonds. The minimum atomic E-state index is -1.11. The average molecular weight is 358 g/mol. The van der Waals surface area contributed by atoms with Crippen LogP contribution in [-0.2, 0) is 11.2 Å². The molecule has 1 aromatic carbocycles. The molecule has 3 rings (SSSR count). The first-order valence-corrected chi connectivity index (χ1v) is 8.74. The third-order valence-corrected chi connectivity index (χ3v) is 4.53. The van der Waals surface area contributed by atoms with Crippen LogP contribution in [0.25, 0.3) is 0 Å².